The van der Waals surface area contributed by atoms with Gasteiger partial charge in [0.15, 0.2) is 0 Å². The van der Waals surface area contributed by atoms with Crippen LogP contribution in [-0.2, 0) is 9.53 Å². The summed E-state index contributed by atoms with van der Waals surface area (Å²) in [6.07, 6.45) is 0.554. The van der Waals surface area contributed by atoms with Crippen molar-refractivity contribution in [2.75, 3.05) is 6.54 Å². The number of ether oxygens (including phenoxy) is 1. The molecule has 0 saturated carbocycles. The summed E-state index contributed by atoms with van der Waals surface area (Å²) < 4.78 is 5.38. The van der Waals surface area contributed by atoms with Crippen molar-refractivity contribution in [2.24, 2.45) is 0 Å². The molecule has 1 aliphatic heterocycles. The fraction of sp³-hybridized carbons (Fsp3) is 0.524. The van der Waals surface area contributed by atoms with Crippen molar-refractivity contribution in [3.05, 3.63) is 35.1 Å². The lowest BCUT2D eigenvalue weighted by molar-refractivity contribution is -0.126. The van der Waals surface area contributed by atoms with Gasteiger partial charge in [0.25, 0.3) is 0 Å². The van der Waals surface area contributed by atoms with Crippen molar-refractivity contribution < 1.29 is 19.4 Å². The average Bonchev–Trinajstić information content (AvgIpc) is 3.26. The Bertz CT molecular complexity index is 906. The highest BCUT2D eigenvalue weighted by Gasteiger charge is 2.41. The number of likely N-dealkylation sites (tertiary alicyclic amines) is 1. The molecule has 0 bridgehead atoms. The number of pyridine rings is 1. The number of aromatic nitrogens is 2. The van der Waals surface area contributed by atoms with Crippen LogP contribution in [0.5, 0.6) is 0 Å². The second-order valence-corrected chi connectivity index (χ2v) is 9.37. The molecule has 9 heteroatoms. The summed E-state index contributed by atoms with van der Waals surface area (Å²) in [6, 6.07) is 2.75. The summed E-state index contributed by atoms with van der Waals surface area (Å²) in [5.74, 6) is -0.327. The Morgan fingerprint density at radius 1 is 1.33 bits per heavy atom. The molecule has 2 aromatic rings. The van der Waals surface area contributed by atoms with Crippen molar-refractivity contribution in [2.45, 2.75) is 64.8 Å². The van der Waals surface area contributed by atoms with E-state index in [2.05, 4.69) is 15.3 Å². The molecule has 3 atom stereocenters. The summed E-state index contributed by atoms with van der Waals surface area (Å²) >= 11 is 1.53. The highest BCUT2D eigenvalue weighted by Crippen LogP contribution is 2.27. The molecule has 1 saturated heterocycles. The fourth-order valence-electron chi connectivity index (χ4n) is 3.32. The molecular formula is C21H28N4O4S. The normalized spacial score (nSPS) is 20.1. The van der Waals surface area contributed by atoms with E-state index in [4.69, 9.17) is 4.74 Å². The minimum absolute atomic E-state index is 0.0752. The summed E-state index contributed by atoms with van der Waals surface area (Å²) in [5, 5.41) is 12.9. The number of carbonyl (C=O) groups is 2. The quantitative estimate of drug-likeness (QED) is 0.769. The number of hydrogen-bond donors (Lipinski definition) is 2. The van der Waals surface area contributed by atoms with Crippen LogP contribution in [0.1, 0.15) is 51.4 Å². The predicted octanol–water partition coefficient (Wildman–Crippen LogP) is 3.06. The largest absolute Gasteiger partial charge is 0.444 e. The van der Waals surface area contributed by atoms with E-state index in [1.54, 1.807) is 32.5 Å². The lowest BCUT2D eigenvalue weighted by atomic mass is 10.1. The van der Waals surface area contributed by atoms with Crippen LogP contribution in [0, 0.1) is 6.92 Å². The van der Waals surface area contributed by atoms with Gasteiger partial charge in [-0.1, -0.05) is 6.07 Å². The van der Waals surface area contributed by atoms with Crippen LogP contribution < -0.4 is 5.32 Å². The van der Waals surface area contributed by atoms with Crippen LogP contribution in [0.25, 0.3) is 10.6 Å². The molecule has 0 spiro atoms. The Kier molecular flexibility index (Phi) is 6.42. The van der Waals surface area contributed by atoms with E-state index in [-0.39, 0.29) is 24.9 Å². The van der Waals surface area contributed by atoms with Gasteiger partial charge in [-0.25, -0.2) is 9.78 Å². The molecule has 1 aliphatic rings. The maximum atomic E-state index is 12.9. The molecule has 162 valence electrons. The van der Waals surface area contributed by atoms with E-state index in [1.165, 1.54) is 16.2 Å². The number of carbonyl (C=O) groups excluding carboxylic acids is 2. The van der Waals surface area contributed by atoms with E-state index < -0.39 is 23.8 Å². The lowest BCUT2D eigenvalue weighted by Gasteiger charge is -2.28. The molecule has 2 aromatic heterocycles. The summed E-state index contributed by atoms with van der Waals surface area (Å²) in [4.78, 5) is 36.4. The van der Waals surface area contributed by atoms with E-state index >= 15 is 0 Å². The van der Waals surface area contributed by atoms with Crippen LogP contribution in [-0.4, -0.2) is 56.3 Å². The molecule has 30 heavy (non-hydrogen) atoms. The highest BCUT2D eigenvalue weighted by atomic mass is 32.1. The first-order chi connectivity index (χ1) is 14.0. The summed E-state index contributed by atoms with van der Waals surface area (Å²) in [6.45, 7) is 9.16. The van der Waals surface area contributed by atoms with Gasteiger partial charge in [-0.05, 0) is 46.2 Å². The Balaban J connectivity index is 1.66. The van der Waals surface area contributed by atoms with Gasteiger partial charge in [0.05, 0.1) is 40.5 Å². The van der Waals surface area contributed by atoms with Crippen LogP contribution in [0.4, 0.5) is 4.79 Å². The van der Waals surface area contributed by atoms with E-state index in [9.17, 15) is 14.7 Å². The van der Waals surface area contributed by atoms with Crippen LogP contribution in [0.3, 0.4) is 0 Å². The molecule has 0 radical (unpaired) electrons. The number of rotatable bonds is 4. The van der Waals surface area contributed by atoms with Gasteiger partial charge in [0.2, 0.25) is 5.91 Å². The average molecular weight is 433 g/mol. The maximum Gasteiger partial charge on any atom is 0.411 e. The first kappa shape index (κ1) is 22.2. The molecule has 0 aromatic carbocycles. The molecular weight excluding hydrogens is 404 g/mol. The number of aryl methyl sites for hydroxylation is 1. The molecule has 3 heterocycles. The molecule has 2 amide bonds. The molecule has 1 fully saturated rings. The third-order valence-corrected chi connectivity index (χ3v) is 5.78. The van der Waals surface area contributed by atoms with Gasteiger partial charge in [-0.3, -0.25) is 14.7 Å². The van der Waals surface area contributed by atoms with Gasteiger partial charge >= 0.3 is 6.09 Å². The zero-order chi connectivity index (χ0) is 22.1. The SMILES string of the molecule is Cc1ncsc1-c1ccc(C(C)NC(=O)[C@@H]2C[C@@H](O)CN2C(=O)OC(C)(C)C)cn1. The highest BCUT2D eigenvalue weighted by molar-refractivity contribution is 7.13. The Morgan fingerprint density at radius 2 is 2.07 bits per heavy atom. The standard InChI is InChI=1S/C21H28N4O4S/c1-12(14-6-7-16(22-9-14)18-13(2)23-11-30-18)24-19(27)17-8-15(26)10-25(17)20(28)29-21(3,4)5/h6-7,9,11-12,15,17,26H,8,10H2,1-5H3,(H,24,27)/t12?,15-,17+/m1/s1. The Hall–Kier alpha value is -2.52. The Morgan fingerprint density at radius 3 is 2.63 bits per heavy atom. The Labute approximate surface area is 180 Å². The molecule has 2 N–H and O–H groups in total. The van der Waals surface area contributed by atoms with E-state index in [0.29, 0.717) is 0 Å². The van der Waals surface area contributed by atoms with Crippen LogP contribution >= 0.6 is 11.3 Å². The number of nitrogens with one attached hydrogen (secondary N) is 1. The molecule has 1 unspecified atom stereocenters. The lowest BCUT2D eigenvalue weighted by Crippen LogP contribution is -2.48. The van der Waals surface area contributed by atoms with Gasteiger partial charge in [-0.2, -0.15) is 0 Å². The molecule has 0 aliphatic carbocycles. The monoisotopic (exact) mass is 432 g/mol. The van der Waals surface area contributed by atoms with Gasteiger partial charge in [0, 0.05) is 12.6 Å². The number of nitrogens with zero attached hydrogens (tertiary/aromatic N) is 3. The van der Waals surface area contributed by atoms with Gasteiger partial charge in [-0.15, -0.1) is 11.3 Å². The first-order valence-electron chi connectivity index (χ1n) is 9.89. The second kappa shape index (κ2) is 8.69. The van der Waals surface area contributed by atoms with Crippen LogP contribution in [0.2, 0.25) is 0 Å². The van der Waals surface area contributed by atoms with Crippen molar-refractivity contribution in [3.63, 3.8) is 0 Å². The number of aliphatic hydroxyl groups excluding tert-OH is 1. The minimum Gasteiger partial charge on any atom is -0.444 e. The van der Waals surface area contributed by atoms with E-state index in [0.717, 1.165) is 21.8 Å². The van der Waals surface area contributed by atoms with Crippen molar-refractivity contribution in [3.8, 4) is 10.6 Å². The number of thiazole rings is 1. The van der Waals surface area contributed by atoms with Gasteiger partial charge in [0.1, 0.15) is 11.6 Å². The third-order valence-electron chi connectivity index (χ3n) is 4.83. The predicted molar refractivity (Wildman–Crippen MR) is 114 cm³/mol. The van der Waals surface area contributed by atoms with Crippen molar-refractivity contribution in [1.29, 1.82) is 0 Å². The zero-order valence-electron chi connectivity index (χ0n) is 17.9. The number of aliphatic hydroxyl groups is 1. The summed E-state index contributed by atoms with van der Waals surface area (Å²) in [5.41, 5.74) is 3.73. The van der Waals surface area contributed by atoms with Crippen molar-refractivity contribution >= 4 is 23.3 Å². The topological polar surface area (TPSA) is 105 Å². The maximum absolute atomic E-state index is 12.9. The number of hydrogen-bond acceptors (Lipinski definition) is 7. The minimum atomic E-state index is -0.774. The zero-order valence-corrected chi connectivity index (χ0v) is 18.7. The smallest absolute Gasteiger partial charge is 0.411 e. The van der Waals surface area contributed by atoms with Gasteiger partial charge < -0.3 is 15.2 Å². The molecule has 8 nitrogen and oxygen atoms in total. The van der Waals surface area contributed by atoms with E-state index in [1.807, 2.05) is 26.0 Å². The molecule has 3 rings (SSSR count). The third kappa shape index (κ3) is 5.14. The second-order valence-electron chi connectivity index (χ2n) is 8.51. The number of amides is 2. The summed E-state index contributed by atoms with van der Waals surface area (Å²) in [7, 11) is 0. The first-order valence-corrected chi connectivity index (χ1v) is 10.8. The number of β-amino-alcohol motifs (C(OH)–C–C–N with tert-alkyl or cyclic N) is 1. The van der Waals surface area contributed by atoms with Crippen molar-refractivity contribution in [1.82, 2.24) is 20.2 Å². The fourth-order valence-corrected chi connectivity index (χ4v) is 4.10. The van der Waals surface area contributed by atoms with Crippen LogP contribution in [0.15, 0.2) is 23.8 Å².